The molecule has 0 saturated carbocycles. The third-order valence-corrected chi connectivity index (χ3v) is 4.45. The Morgan fingerprint density at radius 1 is 1.18 bits per heavy atom. The van der Waals surface area contributed by atoms with E-state index in [-0.39, 0.29) is 5.25 Å². The second-order valence-electron chi connectivity index (χ2n) is 4.23. The van der Waals surface area contributed by atoms with E-state index >= 15 is 0 Å². The summed E-state index contributed by atoms with van der Waals surface area (Å²) >= 11 is 1.77. The van der Waals surface area contributed by atoms with Gasteiger partial charge in [-0.3, -0.25) is 4.79 Å². The number of carbonyl (C=O) groups excluding carboxylic acids is 1. The number of hydrogen-bond acceptors (Lipinski definition) is 2. The van der Waals surface area contributed by atoms with Gasteiger partial charge < -0.3 is 0 Å². The van der Waals surface area contributed by atoms with Gasteiger partial charge in [0.05, 0.1) is 0 Å². The molecule has 0 saturated heterocycles. The fraction of sp³-hybridized carbons (Fsp3) is 0.133. The number of rotatable bonds is 1. The quantitative estimate of drug-likeness (QED) is 0.703. The highest BCUT2D eigenvalue weighted by atomic mass is 32.2. The number of aldehydes is 1. The predicted octanol–water partition coefficient (Wildman–Crippen LogP) is 3.92. The molecule has 1 aliphatic rings. The summed E-state index contributed by atoms with van der Waals surface area (Å²) in [5.41, 5.74) is 2.03. The van der Waals surface area contributed by atoms with Crippen molar-refractivity contribution in [3.8, 4) is 0 Å². The summed E-state index contributed by atoms with van der Waals surface area (Å²) in [5, 5.41) is 2.78. The Bertz CT molecular complexity index is 628. The van der Waals surface area contributed by atoms with Crippen LogP contribution < -0.4 is 0 Å². The van der Waals surface area contributed by atoms with E-state index in [9.17, 15) is 4.79 Å². The highest BCUT2D eigenvalue weighted by Gasteiger charge is 2.19. The molecule has 0 bridgehead atoms. The molecule has 0 spiro atoms. The number of benzene rings is 2. The number of thioether (sulfide) groups is 1. The van der Waals surface area contributed by atoms with Crippen LogP contribution in [0.2, 0.25) is 0 Å². The average Bonchev–Trinajstić information content (AvgIpc) is 2.38. The second-order valence-corrected chi connectivity index (χ2v) is 5.58. The molecule has 0 amide bonds. The molecule has 2 aromatic carbocycles. The third-order valence-electron chi connectivity index (χ3n) is 3.13. The van der Waals surface area contributed by atoms with Crippen molar-refractivity contribution in [2.24, 2.45) is 0 Å². The highest BCUT2D eigenvalue weighted by molar-refractivity contribution is 8.00. The molecule has 0 N–H and O–H groups in total. The molecule has 1 nitrogen and oxygen atoms in total. The van der Waals surface area contributed by atoms with Gasteiger partial charge in [0.15, 0.2) is 0 Å². The Morgan fingerprint density at radius 2 is 2.00 bits per heavy atom. The molecular weight excluding hydrogens is 228 g/mol. The molecule has 0 radical (unpaired) electrons. The number of carbonyl (C=O) groups is 1. The summed E-state index contributed by atoms with van der Waals surface area (Å²) in [6.07, 6.45) is 2.98. The maximum absolute atomic E-state index is 11.0. The molecule has 0 fully saturated rings. The third kappa shape index (κ3) is 1.69. The molecule has 1 aliphatic heterocycles. The van der Waals surface area contributed by atoms with Gasteiger partial charge in [-0.2, -0.15) is 0 Å². The fourth-order valence-electron chi connectivity index (χ4n) is 2.18. The monoisotopic (exact) mass is 240 g/mol. The van der Waals surface area contributed by atoms with Gasteiger partial charge in [0.1, 0.15) is 6.29 Å². The van der Waals surface area contributed by atoms with E-state index < -0.39 is 0 Å². The molecule has 0 unspecified atom stereocenters. The zero-order valence-electron chi connectivity index (χ0n) is 9.51. The van der Waals surface area contributed by atoms with E-state index in [0.29, 0.717) is 0 Å². The van der Waals surface area contributed by atoms with Crippen molar-refractivity contribution >= 4 is 34.9 Å². The molecule has 3 rings (SSSR count). The lowest BCUT2D eigenvalue weighted by atomic mass is 10.0. The molecule has 84 valence electrons. The Hall–Kier alpha value is -1.54. The van der Waals surface area contributed by atoms with Crippen LogP contribution in [0.3, 0.4) is 0 Å². The zero-order valence-corrected chi connectivity index (χ0v) is 10.3. The van der Waals surface area contributed by atoms with Crippen LogP contribution in [-0.2, 0) is 4.79 Å². The molecule has 2 aromatic rings. The van der Waals surface area contributed by atoms with Gasteiger partial charge in [0.2, 0.25) is 0 Å². The number of fused-ring (bicyclic) bond motifs is 3. The Labute approximate surface area is 105 Å². The molecule has 1 atom stereocenters. The van der Waals surface area contributed by atoms with Crippen molar-refractivity contribution in [1.82, 2.24) is 0 Å². The standard InChI is InChI=1S/C15H12OS/c1-10-13(9-16)8-12-7-6-11-4-2-3-5-14(11)15(12)17-10/h2-10H,1H3/t10-/m1/s1. The normalized spacial score (nSPS) is 18.6. The maximum Gasteiger partial charge on any atom is 0.147 e. The van der Waals surface area contributed by atoms with Crippen LogP contribution in [-0.4, -0.2) is 11.5 Å². The Morgan fingerprint density at radius 3 is 2.82 bits per heavy atom. The molecular formula is C15H12OS. The van der Waals surface area contributed by atoms with Gasteiger partial charge in [0.25, 0.3) is 0 Å². The minimum atomic E-state index is 0.241. The second kappa shape index (κ2) is 4.04. The van der Waals surface area contributed by atoms with Crippen LogP contribution >= 0.6 is 11.8 Å². The summed E-state index contributed by atoms with van der Waals surface area (Å²) in [6, 6.07) is 12.6. The summed E-state index contributed by atoms with van der Waals surface area (Å²) in [7, 11) is 0. The van der Waals surface area contributed by atoms with E-state index in [4.69, 9.17) is 0 Å². The molecule has 2 heteroatoms. The van der Waals surface area contributed by atoms with E-state index in [0.717, 1.165) is 17.4 Å². The largest absolute Gasteiger partial charge is 0.298 e. The summed E-state index contributed by atoms with van der Waals surface area (Å²) in [5.74, 6) is 0. The van der Waals surface area contributed by atoms with E-state index in [2.05, 4.69) is 43.3 Å². The Balaban J connectivity index is 2.29. The van der Waals surface area contributed by atoms with Crippen molar-refractivity contribution in [2.75, 3.05) is 0 Å². The fourth-order valence-corrected chi connectivity index (χ4v) is 3.37. The van der Waals surface area contributed by atoms with E-state index in [1.165, 1.54) is 15.7 Å². The van der Waals surface area contributed by atoms with Crippen molar-refractivity contribution in [2.45, 2.75) is 17.1 Å². The van der Waals surface area contributed by atoms with Gasteiger partial charge in [-0.15, -0.1) is 11.8 Å². The number of hydrogen-bond donors (Lipinski definition) is 0. The van der Waals surface area contributed by atoms with E-state index in [1.54, 1.807) is 11.8 Å². The van der Waals surface area contributed by atoms with Crippen LogP contribution in [0.1, 0.15) is 12.5 Å². The molecule has 0 aromatic heterocycles. The average molecular weight is 240 g/mol. The van der Waals surface area contributed by atoms with Crippen LogP contribution in [0, 0.1) is 0 Å². The first-order valence-electron chi connectivity index (χ1n) is 5.65. The zero-order chi connectivity index (χ0) is 11.8. The van der Waals surface area contributed by atoms with Crippen molar-refractivity contribution in [3.05, 3.63) is 47.5 Å². The van der Waals surface area contributed by atoms with Gasteiger partial charge in [-0.25, -0.2) is 0 Å². The first-order chi connectivity index (χ1) is 8.29. The van der Waals surface area contributed by atoms with Gasteiger partial charge in [0, 0.05) is 15.7 Å². The molecule has 17 heavy (non-hydrogen) atoms. The summed E-state index contributed by atoms with van der Waals surface area (Å²) in [4.78, 5) is 12.3. The van der Waals surface area contributed by atoms with Crippen molar-refractivity contribution in [3.63, 3.8) is 0 Å². The Kier molecular flexibility index (Phi) is 2.52. The maximum atomic E-state index is 11.0. The van der Waals surface area contributed by atoms with Crippen molar-refractivity contribution < 1.29 is 4.79 Å². The van der Waals surface area contributed by atoms with Crippen LogP contribution in [0.25, 0.3) is 16.8 Å². The SMILES string of the molecule is C[C@H]1Sc2c(ccc3ccccc23)C=C1C=O. The lowest BCUT2D eigenvalue weighted by Crippen LogP contribution is -2.07. The first kappa shape index (κ1) is 10.6. The van der Waals surface area contributed by atoms with Crippen LogP contribution in [0.15, 0.2) is 46.9 Å². The van der Waals surface area contributed by atoms with Crippen LogP contribution in [0.4, 0.5) is 0 Å². The van der Waals surface area contributed by atoms with Crippen LogP contribution in [0.5, 0.6) is 0 Å². The predicted molar refractivity (Wildman–Crippen MR) is 73.3 cm³/mol. The van der Waals surface area contributed by atoms with E-state index in [1.807, 2.05) is 6.08 Å². The summed E-state index contributed by atoms with van der Waals surface area (Å²) < 4.78 is 0. The topological polar surface area (TPSA) is 17.1 Å². The summed E-state index contributed by atoms with van der Waals surface area (Å²) in [6.45, 7) is 2.08. The van der Waals surface area contributed by atoms with Gasteiger partial charge >= 0.3 is 0 Å². The smallest absolute Gasteiger partial charge is 0.147 e. The lowest BCUT2D eigenvalue weighted by Gasteiger charge is -2.20. The molecule has 1 heterocycles. The van der Waals surface area contributed by atoms with Gasteiger partial charge in [-0.05, 0) is 29.3 Å². The minimum Gasteiger partial charge on any atom is -0.298 e. The minimum absolute atomic E-state index is 0.241. The highest BCUT2D eigenvalue weighted by Crippen LogP contribution is 2.40. The first-order valence-corrected chi connectivity index (χ1v) is 6.53. The van der Waals surface area contributed by atoms with Crippen molar-refractivity contribution in [1.29, 1.82) is 0 Å². The van der Waals surface area contributed by atoms with Gasteiger partial charge in [-0.1, -0.05) is 36.4 Å². The lowest BCUT2D eigenvalue weighted by molar-refractivity contribution is -0.104. The molecule has 0 aliphatic carbocycles.